The first-order valence-corrected chi connectivity index (χ1v) is 24.0. The van der Waals surface area contributed by atoms with Gasteiger partial charge in [0, 0.05) is 46.3 Å². The Morgan fingerprint density at radius 2 is 1.52 bits per heavy atom. The number of nitrogens with zero attached hydrogens (tertiary/aromatic N) is 2. The SMILES string of the molecule is C=CC1=C(C)c2cc3[nH]c(c4c5[nH]c(cc6nc(cc1n2)C(C)=C6CC)c(C)c5C([O-])=C4C(=O)OC)[C@@H](CCC(=O)OC/C=C(\C)CCC[C@H](C)CCC[C@H](C)CCCC(C)C)[C@@H]3C. The van der Waals surface area contributed by atoms with Crippen LogP contribution in [0.3, 0.4) is 0 Å². The molecule has 4 aliphatic rings. The topological polar surface area (TPSA) is 133 Å². The second-order valence-electron chi connectivity index (χ2n) is 19.4. The molecule has 9 heteroatoms. The fraction of sp³-hybridized carbons (Fsp3) is 0.527. The van der Waals surface area contributed by atoms with Gasteiger partial charge in [-0.2, -0.15) is 0 Å². The van der Waals surface area contributed by atoms with E-state index in [9.17, 15) is 14.7 Å². The summed E-state index contributed by atoms with van der Waals surface area (Å²) in [5.74, 6) is 0.565. The summed E-state index contributed by atoms with van der Waals surface area (Å²) in [6.45, 7) is 26.1. The first-order chi connectivity index (χ1) is 30.6. The van der Waals surface area contributed by atoms with Gasteiger partial charge in [-0.1, -0.05) is 110 Å². The molecule has 0 unspecified atom stereocenters. The van der Waals surface area contributed by atoms with Gasteiger partial charge in [-0.05, 0) is 123 Å². The monoisotopic (exact) mass is 870 g/mol. The van der Waals surface area contributed by atoms with E-state index in [-0.39, 0.29) is 42.2 Å². The second kappa shape index (κ2) is 21.2. The summed E-state index contributed by atoms with van der Waals surface area (Å²) in [7, 11) is 1.30. The molecule has 0 fully saturated rings. The Bertz CT molecular complexity index is 2450. The van der Waals surface area contributed by atoms with Gasteiger partial charge in [0.1, 0.15) is 6.61 Å². The number of hydrogen-bond acceptors (Lipinski definition) is 7. The predicted octanol–water partition coefficient (Wildman–Crippen LogP) is 13.1. The molecule has 0 radical (unpaired) electrons. The molecule has 4 atom stereocenters. The van der Waals surface area contributed by atoms with Crippen LogP contribution in [0, 0.1) is 24.7 Å². The van der Waals surface area contributed by atoms with Gasteiger partial charge in [0.25, 0.3) is 0 Å². The summed E-state index contributed by atoms with van der Waals surface area (Å²) < 4.78 is 11.1. The molecule has 344 valence electrons. The number of aromatic nitrogens is 4. The number of esters is 2. The van der Waals surface area contributed by atoms with Crippen LogP contribution < -0.4 is 5.11 Å². The highest BCUT2D eigenvalue weighted by Gasteiger charge is 2.37. The zero-order chi connectivity index (χ0) is 46.4. The second-order valence-corrected chi connectivity index (χ2v) is 19.4. The summed E-state index contributed by atoms with van der Waals surface area (Å²) in [6.07, 6.45) is 16.5. The number of nitrogens with one attached hydrogen (secondary N) is 2. The normalized spacial score (nSPS) is 17.7. The number of hydrogen-bond donors (Lipinski definition) is 2. The Kier molecular flexibility index (Phi) is 16.0. The molecular formula is C55H73N4O5-. The average molecular weight is 870 g/mol. The zero-order valence-electron chi connectivity index (χ0n) is 40.6. The van der Waals surface area contributed by atoms with E-state index in [1.165, 1.54) is 57.6 Å². The van der Waals surface area contributed by atoms with Crippen molar-refractivity contribution in [3.8, 4) is 0 Å². The molecule has 2 aromatic rings. The molecule has 3 aliphatic heterocycles. The molecule has 5 heterocycles. The maximum atomic E-state index is 14.4. The minimum Gasteiger partial charge on any atom is -0.871 e. The van der Waals surface area contributed by atoms with Gasteiger partial charge in [-0.3, -0.25) is 4.79 Å². The van der Waals surface area contributed by atoms with Crippen molar-refractivity contribution >= 4 is 56.6 Å². The summed E-state index contributed by atoms with van der Waals surface area (Å²) >= 11 is 0. The third-order valence-electron chi connectivity index (χ3n) is 14.2. The average Bonchev–Trinajstić information content (AvgIpc) is 3.99. The van der Waals surface area contributed by atoms with Crippen molar-refractivity contribution in [3.05, 3.63) is 93.4 Å². The van der Waals surface area contributed by atoms with Gasteiger partial charge >= 0.3 is 11.9 Å². The Hall–Kier alpha value is -5.18. The molecule has 64 heavy (non-hydrogen) atoms. The van der Waals surface area contributed by atoms with E-state index in [2.05, 4.69) is 71.9 Å². The van der Waals surface area contributed by atoms with Crippen LogP contribution in [0.2, 0.25) is 0 Å². The zero-order valence-corrected chi connectivity index (χ0v) is 40.6. The van der Waals surface area contributed by atoms with Crippen molar-refractivity contribution < 1.29 is 24.2 Å². The van der Waals surface area contributed by atoms with E-state index in [1.54, 1.807) is 0 Å². The fourth-order valence-corrected chi connectivity index (χ4v) is 10.1. The van der Waals surface area contributed by atoms with Crippen molar-refractivity contribution in [1.29, 1.82) is 0 Å². The lowest BCUT2D eigenvalue weighted by Crippen LogP contribution is -2.13. The van der Waals surface area contributed by atoms with E-state index >= 15 is 0 Å². The minimum atomic E-state index is -0.703. The van der Waals surface area contributed by atoms with E-state index in [1.807, 2.05) is 44.2 Å². The molecule has 0 saturated heterocycles. The van der Waals surface area contributed by atoms with Crippen LogP contribution in [0.5, 0.6) is 0 Å². The molecule has 6 rings (SSSR count). The van der Waals surface area contributed by atoms with Crippen LogP contribution in [0.1, 0.15) is 202 Å². The lowest BCUT2D eigenvalue weighted by molar-refractivity contribution is -0.242. The third kappa shape index (κ3) is 10.5. The standard InChI is InChI=1S/C55H74N4O5/c1-13-39-35(8)42-28-44-37(10)41(24-25-48(60)64-27-26-34(7)23-17-22-33(6)21-16-20-32(5)19-15-18-31(3)4)52(58-44)50-51(55(62)63-12)54(61)49-38(11)45(59-53(49)50)30-47-40(14-2)36(9)43(57-47)29-46(39)56-42/h13,26,28-33,37,41,58-59,61H,1,14-25,27H2,2-12H3/p-1/b34-26+,44-28?,46-29?,47-30?,52-50?/t32-,33-,37+,41+/m1/s1. The van der Waals surface area contributed by atoms with Crippen molar-refractivity contribution in [2.24, 2.45) is 17.8 Å². The van der Waals surface area contributed by atoms with Gasteiger partial charge in [0.2, 0.25) is 0 Å². The highest BCUT2D eigenvalue weighted by molar-refractivity contribution is 6.30. The number of ether oxygens (including phenoxy) is 2. The highest BCUT2D eigenvalue weighted by Crippen LogP contribution is 2.49. The Morgan fingerprint density at radius 1 is 0.859 bits per heavy atom. The molecule has 9 nitrogen and oxygen atoms in total. The maximum Gasteiger partial charge on any atom is 0.337 e. The first-order valence-electron chi connectivity index (χ1n) is 24.0. The van der Waals surface area contributed by atoms with E-state index < -0.39 is 5.97 Å². The lowest BCUT2D eigenvalue weighted by Gasteiger charge is -2.19. The quantitative estimate of drug-likeness (QED) is 0.1000. The Morgan fingerprint density at radius 3 is 2.17 bits per heavy atom. The molecule has 0 aromatic carbocycles. The number of allylic oxidation sites excluding steroid dienone is 6. The molecule has 1 aliphatic carbocycles. The summed E-state index contributed by atoms with van der Waals surface area (Å²) in [6, 6.07) is 6.08. The molecule has 0 spiro atoms. The van der Waals surface area contributed by atoms with E-state index in [0.29, 0.717) is 34.7 Å². The largest absolute Gasteiger partial charge is 0.871 e. The number of fused-ring (bicyclic) bond motifs is 8. The Labute approximate surface area is 382 Å². The minimum absolute atomic E-state index is 0.0209. The third-order valence-corrected chi connectivity index (χ3v) is 14.2. The number of carbonyl (C=O) groups is 2. The smallest absolute Gasteiger partial charge is 0.337 e. The van der Waals surface area contributed by atoms with Crippen LogP contribution in [-0.2, 0) is 19.1 Å². The van der Waals surface area contributed by atoms with E-state index in [4.69, 9.17) is 19.4 Å². The van der Waals surface area contributed by atoms with Gasteiger partial charge < -0.3 is 24.5 Å². The van der Waals surface area contributed by atoms with Gasteiger partial charge in [-0.15, -0.1) is 0 Å². The van der Waals surface area contributed by atoms with Crippen LogP contribution in [0.4, 0.5) is 0 Å². The first kappa shape index (κ1) is 48.3. The summed E-state index contributed by atoms with van der Waals surface area (Å²) in [5, 5.41) is 14.4. The van der Waals surface area contributed by atoms with Crippen LogP contribution >= 0.6 is 0 Å². The van der Waals surface area contributed by atoms with E-state index in [0.717, 1.165) is 92.9 Å². The summed E-state index contributed by atoms with van der Waals surface area (Å²) in [4.78, 5) is 44.4. The predicted molar refractivity (Wildman–Crippen MR) is 261 cm³/mol. The van der Waals surface area contributed by atoms with Crippen LogP contribution in [0.25, 0.3) is 44.7 Å². The summed E-state index contributed by atoms with van der Waals surface area (Å²) in [5.41, 5.74) is 13.1. The highest BCUT2D eigenvalue weighted by atomic mass is 16.5. The van der Waals surface area contributed by atoms with Gasteiger partial charge in [-0.25, -0.2) is 14.8 Å². The van der Waals surface area contributed by atoms with Crippen molar-refractivity contribution in [3.63, 3.8) is 0 Å². The number of aromatic amines is 2. The van der Waals surface area contributed by atoms with Crippen molar-refractivity contribution in [2.75, 3.05) is 13.7 Å². The van der Waals surface area contributed by atoms with Crippen LogP contribution in [-0.4, -0.2) is 45.6 Å². The van der Waals surface area contributed by atoms with Crippen LogP contribution in [0.15, 0.2) is 42.5 Å². The number of carbonyl (C=O) groups excluding carboxylic acids is 2. The number of aryl methyl sites for hydroxylation is 1. The molecule has 8 bridgehead atoms. The van der Waals surface area contributed by atoms with Crippen molar-refractivity contribution in [2.45, 2.75) is 158 Å². The van der Waals surface area contributed by atoms with Gasteiger partial charge in [0.15, 0.2) is 0 Å². The Balaban J connectivity index is 1.23. The molecule has 0 amide bonds. The van der Waals surface area contributed by atoms with Gasteiger partial charge in [0.05, 0.1) is 41.0 Å². The molecule has 2 aromatic heterocycles. The lowest BCUT2D eigenvalue weighted by atomic mass is 9.85. The van der Waals surface area contributed by atoms with Crippen molar-refractivity contribution in [1.82, 2.24) is 19.9 Å². The molecule has 0 saturated carbocycles. The molecular weight excluding hydrogens is 797 g/mol. The number of methoxy groups -OCH3 is 1. The number of H-pyrrole nitrogens is 2. The fourth-order valence-electron chi connectivity index (χ4n) is 10.1. The number of rotatable bonds is 20. The maximum absolute atomic E-state index is 14.4. The molecule has 2 N–H and O–H groups in total.